The standard InChI is InChI=1S/C16H13ClFNO2/c1-10-16(20)19(9-11-2-5-13(18)6-3-11)14-7-4-12(17)8-15(14)21-10/h2-8,10H,9H2,1H3. The van der Waals surface area contributed by atoms with Gasteiger partial charge in [0.2, 0.25) is 0 Å². The summed E-state index contributed by atoms with van der Waals surface area (Å²) < 4.78 is 18.5. The van der Waals surface area contributed by atoms with Crippen molar-refractivity contribution in [2.75, 3.05) is 4.90 Å². The summed E-state index contributed by atoms with van der Waals surface area (Å²) in [7, 11) is 0. The highest BCUT2D eigenvalue weighted by molar-refractivity contribution is 6.30. The van der Waals surface area contributed by atoms with E-state index in [1.807, 2.05) is 0 Å². The van der Waals surface area contributed by atoms with Crippen molar-refractivity contribution in [3.63, 3.8) is 0 Å². The fourth-order valence-corrected chi connectivity index (χ4v) is 2.48. The molecule has 0 saturated heterocycles. The van der Waals surface area contributed by atoms with Gasteiger partial charge in [0.15, 0.2) is 6.10 Å². The van der Waals surface area contributed by atoms with Crippen molar-refractivity contribution in [2.45, 2.75) is 19.6 Å². The van der Waals surface area contributed by atoms with Crippen molar-refractivity contribution in [3.8, 4) is 5.75 Å². The number of nitrogens with zero attached hydrogens (tertiary/aromatic N) is 1. The van der Waals surface area contributed by atoms with Crippen molar-refractivity contribution in [1.82, 2.24) is 0 Å². The summed E-state index contributed by atoms with van der Waals surface area (Å²) in [5, 5.41) is 0.553. The molecule has 0 aromatic heterocycles. The van der Waals surface area contributed by atoms with E-state index in [-0.39, 0.29) is 11.7 Å². The van der Waals surface area contributed by atoms with E-state index >= 15 is 0 Å². The predicted octanol–water partition coefficient (Wildman–Crippen LogP) is 3.79. The monoisotopic (exact) mass is 305 g/mol. The van der Waals surface area contributed by atoms with Crippen LogP contribution in [0.4, 0.5) is 10.1 Å². The van der Waals surface area contributed by atoms with E-state index in [0.717, 1.165) is 5.56 Å². The summed E-state index contributed by atoms with van der Waals surface area (Å²) >= 11 is 5.96. The van der Waals surface area contributed by atoms with Crippen LogP contribution in [0, 0.1) is 5.82 Å². The molecule has 2 aromatic rings. The minimum atomic E-state index is -0.573. The van der Waals surface area contributed by atoms with Gasteiger partial charge in [-0.05, 0) is 36.8 Å². The van der Waals surface area contributed by atoms with Crippen LogP contribution in [-0.2, 0) is 11.3 Å². The van der Waals surface area contributed by atoms with E-state index in [1.165, 1.54) is 12.1 Å². The van der Waals surface area contributed by atoms with Crippen LogP contribution in [0.25, 0.3) is 0 Å². The molecule has 1 amide bonds. The lowest BCUT2D eigenvalue weighted by atomic mass is 10.1. The van der Waals surface area contributed by atoms with Gasteiger partial charge in [-0.1, -0.05) is 23.7 Å². The maximum absolute atomic E-state index is 13.0. The van der Waals surface area contributed by atoms with E-state index < -0.39 is 6.10 Å². The lowest BCUT2D eigenvalue weighted by Crippen LogP contribution is -2.43. The predicted molar refractivity (Wildman–Crippen MR) is 79.1 cm³/mol. The average Bonchev–Trinajstić information content (AvgIpc) is 2.46. The summed E-state index contributed by atoms with van der Waals surface area (Å²) in [5.74, 6) is 0.151. The number of hydrogen-bond acceptors (Lipinski definition) is 2. The third-order valence-electron chi connectivity index (χ3n) is 3.38. The zero-order valence-electron chi connectivity index (χ0n) is 11.3. The van der Waals surface area contributed by atoms with Gasteiger partial charge in [0.05, 0.1) is 12.2 Å². The molecule has 3 rings (SSSR count). The van der Waals surface area contributed by atoms with Gasteiger partial charge in [-0.25, -0.2) is 4.39 Å². The molecule has 0 N–H and O–H groups in total. The van der Waals surface area contributed by atoms with Crippen LogP contribution < -0.4 is 9.64 Å². The first-order valence-electron chi connectivity index (χ1n) is 6.56. The highest BCUT2D eigenvalue weighted by atomic mass is 35.5. The van der Waals surface area contributed by atoms with Gasteiger partial charge in [-0.15, -0.1) is 0 Å². The fraction of sp³-hybridized carbons (Fsp3) is 0.188. The number of benzene rings is 2. The number of halogens is 2. The Labute approximate surface area is 126 Å². The Morgan fingerprint density at radius 2 is 1.95 bits per heavy atom. The number of fused-ring (bicyclic) bond motifs is 1. The topological polar surface area (TPSA) is 29.5 Å². The maximum Gasteiger partial charge on any atom is 0.268 e. The molecule has 0 bridgehead atoms. The van der Waals surface area contributed by atoms with Gasteiger partial charge >= 0.3 is 0 Å². The molecular weight excluding hydrogens is 293 g/mol. The molecule has 3 nitrogen and oxygen atoms in total. The molecule has 1 aliphatic rings. The Morgan fingerprint density at radius 3 is 2.67 bits per heavy atom. The zero-order valence-corrected chi connectivity index (χ0v) is 12.1. The van der Waals surface area contributed by atoms with Gasteiger partial charge in [0, 0.05) is 11.1 Å². The molecule has 0 spiro atoms. The number of hydrogen-bond donors (Lipinski definition) is 0. The molecule has 5 heteroatoms. The van der Waals surface area contributed by atoms with Crippen molar-refractivity contribution < 1.29 is 13.9 Å². The van der Waals surface area contributed by atoms with Crippen molar-refractivity contribution in [3.05, 3.63) is 58.9 Å². The number of anilines is 1. The Kier molecular flexibility index (Phi) is 3.55. The van der Waals surface area contributed by atoms with Crippen LogP contribution in [0.2, 0.25) is 5.02 Å². The summed E-state index contributed by atoms with van der Waals surface area (Å²) in [6.45, 7) is 2.06. The Bertz CT molecular complexity index is 687. The van der Waals surface area contributed by atoms with E-state index in [0.29, 0.717) is 23.0 Å². The zero-order chi connectivity index (χ0) is 15.0. The quantitative estimate of drug-likeness (QED) is 0.845. The first kappa shape index (κ1) is 13.9. The second-order valence-corrected chi connectivity index (χ2v) is 5.36. The Balaban J connectivity index is 1.96. The highest BCUT2D eigenvalue weighted by Crippen LogP contribution is 2.36. The van der Waals surface area contributed by atoms with Gasteiger partial charge in [-0.2, -0.15) is 0 Å². The van der Waals surface area contributed by atoms with E-state index in [1.54, 1.807) is 42.2 Å². The van der Waals surface area contributed by atoms with Gasteiger partial charge in [0.1, 0.15) is 11.6 Å². The molecule has 0 saturated carbocycles. The first-order valence-corrected chi connectivity index (χ1v) is 6.94. The first-order chi connectivity index (χ1) is 10.0. The molecule has 0 aliphatic carbocycles. The lowest BCUT2D eigenvalue weighted by molar-refractivity contribution is -0.125. The Morgan fingerprint density at radius 1 is 1.24 bits per heavy atom. The molecule has 2 aromatic carbocycles. The fourth-order valence-electron chi connectivity index (χ4n) is 2.32. The summed E-state index contributed by atoms with van der Waals surface area (Å²) in [6.07, 6.45) is -0.573. The van der Waals surface area contributed by atoms with Crippen LogP contribution in [-0.4, -0.2) is 12.0 Å². The molecule has 0 radical (unpaired) electrons. The van der Waals surface area contributed by atoms with Crippen molar-refractivity contribution in [1.29, 1.82) is 0 Å². The van der Waals surface area contributed by atoms with Crippen LogP contribution in [0.3, 0.4) is 0 Å². The normalized spacial score (nSPS) is 17.4. The Hall–Kier alpha value is -2.07. The van der Waals surface area contributed by atoms with Crippen molar-refractivity contribution >= 4 is 23.2 Å². The van der Waals surface area contributed by atoms with Crippen LogP contribution in [0.5, 0.6) is 5.75 Å². The molecule has 108 valence electrons. The molecular formula is C16H13ClFNO2. The number of ether oxygens (including phenoxy) is 1. The van der Waals surface area contributed by atoms with E-state index in [4.69, 9.17) is 16.3 Å². The van der Waals surface area contributed by atoms with Crippen LogP contribution in [0.15, 0.2) is 42.5 Å². The second-order valence-electron chi connectivity index (χ2n) is 4.92. The van der Waals surface area contributed by atoms with E-state index in [9.17, 15) is 9.18 Å². The van der Waals surface area contributed by atoms with Gasteiger partial charge < -0.3 is 9.64 Å². The number of rotatable bonds is 2. The average molecular weight is 306 g/mol. The number of carbonyl (C=O) groups excluding carboxylic acids is 1. The van der Waals surface area contributed by atoms with E-state index in [2.05, 4.69) is 0 Å². The summed E-state index contributed by atoms with van der Waals surface area (Å²) in [4.78, 5) is 14.0. The maximum atomic E-state index is 13.0. The molecule has 21 heavy (non-hydrogen) atoms. The molecule has 0 fully saturated rings. The minimum Gasteiger partial charge on any atom is -0.479 e. The largest absolute Gasteiger partial charge is 0.479 e. The minimum absolute atomic E-state index is 0.130. The molecule has 1 unspecified atom stereocenters. The van der Waals surface area contributed by atoms with Gasteiger partial charge in [0.25, 0.3) is 5.91 Å². The SMILES string of the molecule is CC1Oc2cc(Cl)ccc2N(Cc2ccc(F)cc2)C1=O. The smallest absolute Gasteiger partial charge is 0.268 e. The van der Waals surface area contributed by atoms with Gasteiger partial charge in [-0.3, -0.25) is 4.79 Å². The number of amides is 1. The second kappa shape index (κ2) is 5.37. The third kappa shape index (κ3) is 2.72. The lowest BCUT2D eigenvalue weighted by Gasteiger charge is -2.33. The van der Waals surface area contributed by atoms with Crippen LogP contribution in [0.1, 0.15) is 12.5 Å². The molecule has 1 atom stereocenters. The number of carbonyl (C=O) groups is 1. The van der Waals surface area contributed by atoms with Crippen LogP contribution >= 0.6 is 11.6 Å². The molecule has 1 heterocycles. The highest BCUT2D eigenvalue weighted by Gasteiger charge is 2.31. The summed E-state index contributed by atoms with van der Waals surface area (Å²) in [6, 6.07) is 11.3. The molecule has 1 aliphatic heterocycles. The van der Waals surface area contributed by atoms with Crippen molar-refractivity contribution in [2.24, 2.45) is 0 Å². The third-order valence-corrected chi connectivity index (χ3v) is 3.62. The summed E-state index contributed by atoms with van der Waals surface area (Å²) in [5.41, 5.74) is 1.52.